The summed E-state index contributed by atoms with van der Waals surface area (Å²) >= 11 is 0. The summed E-state index contributed by atoms with van der Waals surface area (Å²) < 4.78 is 18.8. The van der Waals surface area contributed by atoms with E-state index in [0.717, 1.165) is 24.0 Å². The molecular formula is C28H31FN2O3. The first-order valence-electron chi connectivity index (χ1n) is 11.6. The Kier molecular flexibility index (Phi) is 9.65. The van der Waals surface area contributed by atoms with Crippen molar-refractivity contribution < 1.29 is 18.7 Å². The summed E-state index contributed by atoms with van der Waals surface area (Å²) in [5, 5.41) is 2.99. The number of carbonyl (C=O) groups excluding carboxylic acids is 2. The molecule has 0 fully saturated rings. The van der Waals surface area contributed by atoms with Crippen LogP contribution in [0.25, 0.3) is 0 Å². The molecule has 0 saturated heterocycles. The van der Waals surface area contributed by atoms with Gasteiger partial charge in [-0.05, 0) is 41.8 Å². The second-order valence-corrected chi connectivity index (χ2v) is 8.10. The van der Waals surface area contributed by atoms with Gasteiger partial charge in [0.15, 0.2) is 6.61 Å². The van der Waals surface area contributed by atoms with Gasteiger partial charge in [0.25, 0.3) is 5.91 Å². The van der Waals surface area contributed by atoms with E-state index in [1.54, 1.807) is 4.90 Å². The Hall–Kier alpha value is -3.67. The number of hydrogen-bond acceptors (Lipinski definition) is 3. The smallest absolute Gasteiger partial charge is 0.261 e. The average molecular weight is 463 g/mol. The van der Waals surface area contributed by atoms with Gasteiger partial charge >= 0.3 is 0 Å². The maximum Gasteiger partial charge on any atom is 0.261 e. The molecule has 34 heavy (non-hydrogen) atoms. The van der Waals surface area contributed by atoms with Crippen LogP contribution in [0.15, 0.2) is 84.9 Å². The number of unbranched alkanes of at least 4 members (excludes halogenated alkanes) is 1. The monoisotopic (exact) mass is 462 g/mol. The van der Waals surface area contributed by atoms with Crippen molar-refractivity contribution in [3.05, 3.63) is 102 Å². The maximum absolute atomic E-state index is 13.4. The standard InChI is InChI=1S/C28H31FN2O3/c1-2-3-18-30-28(33)26(19-22-10-6-4-7-11-22)31(20-23-12-8-5-9-13-23)27(32)21-34-25-16-14-24(29)15-17-25/h4-17,26H,2-3,18-21H2,1H3,(H,30,33). The molecule has 1 atom stereocenters. The fourth-order valence-electron chi connectivity index (χ4n) is 3.60. The van der Waals surface area contributed by atoms with E-state index >= 15 is 0 Å². The van der Waals surface area contributed by atoms with Crippen molar-refractivity contribution in [1.82, 2.24) is 10.2 Å². The predicted octanol–water partition coefficient (Wildman–Crippen LogP) is 4.76. The van der Waals surface area contributed by atoms with Crippen LogP contribution >= 0.6 is 0 Å². The van der Waals surface area contributed by atoms with Crippen molar-refractivity contribution in [3.8, 4) is 5.75 Å². The van der Waals surface area contributed by atoms with Crippen LogP contribution < -0.4 is 10.1 Å². The molecule has 2 amide bonds. The van der Waals surface area contributed by atoms with Gasteiger partial charge < -0.3 is 15.0 Å². The second kappa shape index (κ2) is 13.1. The van der Waals surface area contributed by atoms with Crippen LogP contribution in [0.4, 0.5) is 4.39 Å². The Morgan fingerprint density at radius 3 is 2.15 bits per heavy atom. The molecule has 0 saturated carbocycles. The third-order valence-electron chi connectivity index (χ3n) is 5.47. The highest BCUT2D eigenvalue weighted by atomic mass is 19.1. The number of nitrogens with one attached hydrogen (secondary N) is 1. The summed E-state index contributed by atoms with van der Waals surface area (Å²) in [6.45, 7) is 2.63. The number of carbonyl (C=O) groups is 2. The highest BCUT2D eigenvalue weighted by molar-refractivity contribution is 5.88. The molecule has 0 spiro atoms. The molecule has 0 radical (unpaired) electrons. The molecule has 1 N–H and O–H groups in total. The zero-order valence-electron chi connectivity index (χ0n) is 19.5. The first-order chi connectivity index (χ1) is 16.6. The molecule has 0 heterocycles. The van der Waals surface area contributed by atoms with E-state index in [9.17, 15) is 14.0 Å². The molecule has 3 aromatic rings. The molecule has 6 heteroatoms. The van der Waals surface area contributed by atoms with Gasteiger partial charge in [0, 0.05) is 19.5 Å². The molecule has 178 valence electrons. The highest BCUT2D eigenvalue weighted by Gasteiger charge is 2.30. The number of benzene rings is 3. The van der Waals surface area contributed by atoms with Crippen LogP contribution in [0.1, 0.15) is 30.9 Å². The van der Waals surface area contributed by atoms with E-state index in [-0.39, 0.29) is 30.8 Å². The first kappa shape index (κ1) is 25.0. The van der Waals surface area contributed by atoms with Crippen molar-refractivity contribution in [2.75, 3.05) is 13.2 Å². The molecule has 0 bridgehead atoms. The maximum atomic E-state index is 13.4. The van der Waals surface area contributed by atoms with Crippen LogP contribution in [-0.2, 0) is 22.6 Å². The number of ether oxygens (including phenoxy) is 1. The van der Waals surface area contributed by atoms with Gasteiger partial charge in [-0.2, -0.15) is 0 Å². The Labute approximate surface area is 200 Å². The van der Waals surface area contributed by atoms with Gasteiger partial charge in [-0.3, -0.25) is 9.59 Å². The minimum Gasteiger partial charge on any atom is -0.484 e. The van der Waals surface area contributed by atoms with Crippen LogP contribution in [-0.4, -0.2) is 35.9 Å². The predicted molar refractivity (Wildman–Crippen MR) is 131 cm³/mol. The zero-order valence-corrected chi connectivity index (χ0v) is 19.5. The SMILES string of the molecule is CCCCNC(=O)C(Cc1ccccc1)N(Cc1ccccc1)C(=O)COc1ccc(F)cc1. The van der Waals surface area contributed by atoms with Crippen LogP contribution in [0.5, 0.6) is 5.75 Å². The Morgan fingerprint density at radius 1 is 0.912 bits per heavy atom. The van der Waals surface area contributed by atoms with Gasteiger partial charge in [0.2, 0.25) is 5.91 Å². The Bertz CT molecular complexity index is 1030. The van der Waals surface area contributed by atoms with Crippen molar-refractivity contribution in [2.24, 2.45) is 0 Å². The summed E-state index contributed by atoms with van der Waals surface area (Å²) in [6, 6.07) is 24.0. The van der Waals surface area contributed by atoms with Crippen molar-refractivity contribution in [2.45, 2.75) is 38.8 Å². The highest BCUT2D eigenvalue weighted by Crippen LogP contribution is 2.16. The lowest BCUT2D eigenvalue weighted by Crippen LogP contribution is -2.51. The summed E-state index contributed by atoms with van der Waals surface area (Å²) in [4.78, 5) is 28.3. The van der Waals surface area contributed by atoms with E-state index < -0.39 is 6.04 Å². The fourth-order valence-corrected chi connectivity index (χ4v) is 3.60. The number of rotatable bonds is 12. The third-order valence-corrected chi connectivity index (χ3v) is 5.47. The van der Waals surface area contributed by atoms with Gasteiger partial charge in [0.05, 0.1) is 0 Å². The topological polar surface area (TPSA) is 58.6 Å². The largest absolute Gasteiger partial charge is 0.484 e. The van der Waals surface area contributed by atoms with Crippen molar-refractivity contribution in [3.63, 3.8) is 0 Å². The number of hydrogen-bond donors (Lipinski definition) is 1. The average Bonchev–Trinajstić information content (AvgIpc) is 2.87. The summed E-state index contributed by atoms with van der Waals surface area (Å²) in [6.07, 6.45) is 2.21. The lowest BCUT2D eigenvalue weighted by Gasteiger charge is -2.31. The fraction of sp³-hybridized carbons (Fsp3) is 0.286. The van der Waals surface area contributed by atoms with E-state index in [1.165, 1.54) is 24.3 Å². The van der Waals surface area contributed by atoms with Crippen LogP contribution in [0, 0.1) is 5.82 Å². The summed E-state index contributed by atoms with van der Waals surface area (Å²) in [7, 11) is 0. The van der Waals surface area contributed by atoms with Crippen LogP contribution in [0.3, 0.4) is 0 Å². The zero-order chi connectivity index (χ0) is 24.2. The molecular weight excluding hydrogens is 431 g/mol. The lowest BCUT2D eigenvalue weighted by atomic mass is 10.0. The van der Waals surface area contributed by atoms with Gasteiger partial charge in [-0.1, -0.05) is 74.0 Å². The minimum atomic E-state index is -0.705. The molecule has 0 aliphatic rings. The van der Waals surface area contributed by atoms with E-state index in [2.05, 4.69) is 12.2 Å². The third kappa shape index (κ3) is 7.73. The first-order valence-corrected chi connectivity index (χ1v) is 11.6. The molecule has 0 aromatic heterocycles. The number of amides is 2. The quantitative estimate of drug-likeness (QED) is 0.395. The molecule has 5 nitrogen and oxygen atoms in total. The van der Waals surface area contributed by atoms with Gasteiger partial charge in [-0.15, -0.1) is 0 Å². The number of halogens is 1. The molecule has 3 aromatic carbocycles. The van der Waals surface area contributed by atoms with E-state index in [1.807, 2.05) is 60.7 Å². The van der Waals surface area contributed by atoms with E-state index in [0.29, 0.717) is 18.7 Å². The van der Waals surface area contributed by atoms with E-state index in [4.69, 9.17) is 4.74 Å². The van der Waals surface area contributed by atoms with Crippen molar-refractivity contribution in [1.29, 1.82) is 0 Å². The normalized spacial score (nSPS) is 11.5. The summed E-state index contributed by atoms with van der Waals surface area (Å²) in [5.74, 6) is -0.499. The van der Waals surface area contributed by atoms with Gasteiger partial charge in [0.1, 0.15) is 17.6 Å². The Morgan fingerprint density at radius 2 is 1.53 bits per heavy atom. The molecule has 0 aliphatic heterocycles. The Balaban J connectivity index is 1.85. The molecule has 1 unspecified atom stereocenters. The second-order valence-electron chi connectivity index (χ2n) is 8.10. The molecule has 3 rings (SSSR count). The summed E-state index contributed by atoms with van der Waals surface area (Å²) in [5.41, 5.74) is 1.88. The van der Waals surface area contributed by atoms with Gasteiger partial charge in [-0.25, -0.2) is 4.39 Å². The lowest BCUT2D eigenvalue weighted by molar-refractivity contribution is -0.142. The van der Waals surface area contributed by atoms with Crippen LogP contribution in [0.2, 0.25) is 0 Å². The molecule has 0 aliphatic carbocycles. The minimum absolute atomic E-state index is 0.191. The van der Waals surface area contributed by atoms with Crippen molar-refractivity contribution >= 4 is 11.8 Å². The number of nitrogens with zero attached hydrogens (tertiary/aromatic N) is 1.